The van der Waals surface area contributed by atoms with Gasteiger partial charge in [0.15, 0.2) is 21.3 Å². The Morgan fingerprint density at radius 1 is 1.11 bits per heavy atom. The number of carbonyl (C=O) groups excluding carboxylic acids is 1. The Hall–Kier alpha value is -3.53. The summed E-state index contributed by atoms with van der Waals surface area (Å²) in [4.78, 5) is 15.5. The van der Waals surface area contributed by atoms with Gasteiger partial charge in [-0.05, 0) is 50.1 Å². The van der Waals surface area contributed by atoms with Crippen molar-refractivity contribution in [2.45, 2.75) is 39.0 Å². The number of aromatic nitrogens is 2. The van der Waals surface area contributed by atoms with Gasteiger partial charge in [0.1, 0.15) is 6.17 Å². The van der Waals surface area contributed by atoms with Gasteiger partial charge in [-0.25, -0.2) is 8.42 Å². The predicted molar refractivity (Wildman–Crippen MR) is 129 cm³/mol. The van der Waals surface area contributed by atoms with Crippen molar-refractivity contribution in [3.63, 3.8) is 0 Å². The molecule has 182 valence electrons. The highest BCUT2D eigenvalue weighted by Gasteiger charge is 2.38. The minimum absolute atomic E-state index is 0.0861. The second kappa shape index (κ2) is 8.01. The maximum Gasteiger partial charge on any atom is 0.258 e. The summed E-state index contributed by atoms with van der Waals surface area (Å²) in [6.45, 7) is 4.40. The van der Waals surface area contributed by atoms with Gasteiger partial charge in [0, 0.05) is 23.5 Å². The molecule has 1 amide bonds. The van der Waals surface area contributed by atoms with E-state index in [1.807, 2.05) is 61.0 Å². The molecular weight excluding hydrogens is 468 g/mol. The van der Waals surface area contributed by atoms with Crippen LogP contribution in [0.4, 0.5) is 5.69 Å². The van der Waals surface area contributed by atoms with Crippen LogP contribution < -0.4 is 14.8 Å². The fourth-order valence-electron chi connectivity index (χ4n) is 5.31. The van der Waals surface area contributed by atoms with Gasteiger partial charge in [0.2, 0.25) is 6.79 Å². The number of ether oxygens (including phenoxy) is 2. The third kappa shape index (κ3) is 3.72. The largest absolute Gasteiger partial charge is 0.454 e. The molecule has 1 N–H and O–H groups in total. The number of nitrogens with zero attached hydrogens (tertiary/aromatic N) is 3. The molecule has 10 heteroatoms. The number of hydrogen-bond acceptors (Lipinski definition) is 7. The highest BCUT2D eigenvalue weighted by molar-refractivity contribution is 7.91. The lowest BCUT2D eigenvalue weighted by atomic mass is 10.0. The first-order valence-electron chi connectivity index (χ1n) is 11.6. The number of rotatable bonds is 4. The van der Waals surface area contributed by atoms with Crippen LogP contribution in [-0.2, 0) is 16.4 Å². The van der Waals surface area contributed by atoms with E-state index in [-0.39, 0.29) is 30.2 Å². The molecule has 1 fully saturated rings. The summed E-state index contributed by atoms with van der Waals surface area (Å²) in [5, 5.41) is 8.29. The maximum absolute atomic E-state index is 13.7. The zero-order valence-electron chi connectivity index (χ0n) is 19.5. The maximum atomic E-state index is 13.7. The number of benzene rings is 2. The lowest BCUT2D eigenvalue weighted by Crippen LogP contribution is -2.42. The molecular formula is C25H26N4O5S. The van der Waals surface area contributed by atoms with Crippen LogP contribution in [0.3, 0.4) is 0 Å². The van der Waals surface area contributed by atoms with Crippen molar-refractivity contribution < 1.29 is 22.7 Å². The van der Waals surface area contributed by atoms with Crippen molar-refractivity contribution in [2.75, 3.05) is 23.6 Å². The van der Waals surface area contributed by atoms with Gasteiger partial charge >= 0.3 is 0 Å². The van der Waals surface area contributed by atoms with Gasteiger partial charge in [0.25, 0.3) is 5.91 Å². The molecule has 1 saturated heterocycles. The number of para-hydroxylation sites is 1. The summed E-state index contributed by atoms with van der Waals surface area (Å²) in [6, 6.07) is 13.0. The molecule has 0 unspecified atom stereocenters. The summed E-state index contributed by atoms with van der Waals surface area (Å²) < 4.78 is 37.0. The van der Waals surface area contributed by atoms with Crippen LogP contribution in [0.5, 0.6) is 11.5 Å². The number of amides is 1. The Morgan fingerprint density at radius 2 is 1.91 bits per heavy atom. The Morgan fingerprint density at radius 3 is 2.71 bits per heavy atom. The van der Waals surface area contributed by atoms with E-state index in [0.717, 1.165) is 28.2 Å². The van der Waals surface area contributed by atoms with Crippen LogP contribution in [0.15, 0.2) is 42.5 Å². The number of sulfone groups is 1. The second-order valence-corrected chi connectivity index (χ2v) is 11.5. The van der Waals surface area contributed by atoms with E-state index in [1.165, 1.54) is 0 Å². The minimum Gasteiger partial charge on any atom is -0.454 e. The van der Waals surface area contributed by atoms with Crippen LogP contribution in [0.2, 0.25) is 0 Å². The molecule has 2 atom stereocenters. The number of carbonyl (C=O) groups is 1. The van der Waals surface area contributed by atoms with E-state index in [2.05, 4.69) is 5.32 Å². The fourth-order valence-corrected chi connectivity index (χ4v) is 7.01. The van der Waals surface area contributed by atoms with E-state index in [4.69, 9.17) is 14.6 Å². The van der Waals surface area contributed by atoms with Crippen molar-refractivity contribution in [3.8, 4) is 11.5 Å². The summed E-state index contributed by atoms with van der Waals surface area (Å²) in [5.41, 5.74) is 4.81. The molecule has 2 aromatic carbocycles. The van der Waals surface area contributed by atoms with Crippen LogP contribution in [0.25, 0.3) is 0 Å². The first kappa shape index (κ1) is 22.0. The summed E-state index contributed by atoms with van der Waals surface area (Å²) in [7, 11) is -3.06. The number of nitrogens with one attached hydrogen (secondary N) is 1. The van der Waals surface area contributed by atoms with Crippen molar-refractivity contribution in [2.24, 2.45) is 0 Å². The Balaban J connectivity index is 1.41. The number of anilines is 1. The second-order valence-electron chi connectivity index (χ2n) is 9.30. The third-order valence-corrected chi connectivity index (χ3v) is 8.77. The molecule has 0 bridgehead atoms. The van der Waals surface area contributed by atoms with E-state index >= 15 is 0 Å². The topological polar surface area (TPSA) is 103 Å². The fraction of sp³-hybridized carbons (Fsp3) is 0.360. The van der Waals surface area contributed by atoms with Gasteiger partial charge < -0.3 is 19.7 Å². The first-order chi connectivity index (χ1) is 16.8. The predicted octanol–water partition coefficient (Wildman–Crippen LogP) is 3.35. The Bertz CT molecular complexity index is 1450. The molecule has 4 heterocycles. The van der Waals surface area contributed by atoms with Gasteiger partial charge in [-0.2, -0.15) is 5.10 Å². The van der Waals surface area contributed by atoms with Crippen LogP contribution in [-0.4, -0.2) is 47.3 Å². The summed E-state index contributed by atoms with van der Waals surface area (Å²) in [6.07, 6.45) is 0.0828. The Kier molecular flexibility index (Phi) is 5.03. The van der Waals surface area contributed by atoms with Crippen molar-refractivity contribution in [3.05, 3.63) is 70.5 Å². The molecule has 3 aliphatic heterocycles. The lowest BCUT2D eigenvalue weighted by molar-refractivity contribution is 0.0665. The zero-order valence-corrected chi connectivity index (χ0v) is 20.3. The summed E-state index contributed by atoms with van der Waals surface area (Å²) >= 11 is 0. The standard InChI is InChI=1S/C25H26N4O5S/c1-15-23(16(2)29(27-15)18-9-10-35(31,32)13-18)24-26-20-6-4-3-5-19(20)25(30)28(24)12-17-7-8-21-22(11-17)34-14-33-21/h3-8,11,18,24,26H,9-10,12-14H2,1-2H3/t18-,24-/m1/s1. The first-order valence-corrected chi connectivity index (χ1v) is 13.4. The highest BCUT2D eigenvalue weighted by Crippen LogP contribution is 2.39. The SMILES string of the molecule is Cc1nn([C@@H]2CCS(=O)(=O)C2)c(C)c1[C@@H]1Nc2ccccc2C(=O)N1Cc1ccc2c(c1)OCO2. The van der Waals surface area contributed by atoms with Crippen LogP contribution in [0, 0.1) is 13.8 Å². The van der Waals surface area contributed by atoms with Crippen LogP contribution in [0.1, 0.15) is 51.5 Å². The molecule has 0 spiro atoms. The summed E-state index contributed by atoms with van der Waals surface area (Å²) in [5.74, 6) is 1.54. The van der Waals surface area contributed by atoms with Crippen LogP contribution >= 0.6 is 0 Å². The van der Waals surface area contributed by atoms with Crippen molar-refractivity contribution in [1.82, 2.24) is 14.7 Å². The molecule has 0 radical (unpaired) electrons. The number of aryl methyl sites for hydroxylation is 1. The van der Waals surface area contributed by atoms with E-state index < -0.39 is 16.0 Å². The Labute approximate surface area is 203 Å². The molecule has 6 rings (SSSR count). The zero-order chi connectivity index (χ0) is 24.3. The molecule has 1 aromatic heterocycles. The number of fused-ring (bicyclic) bond motifs is 2. The van der Waals surface area contributed by atoms with E-state index in [1.54, 1.807) is 4.90 Å². The van der Waals surface area contributed by atoms with Gasteiger partial charge in [-0.1, -0.05) is 18.2 Å². The lowest BCUT2D eigenvalue weighted by Gasteiger charge is -2.38. The highest BCUT2D eigenvalue weighted by atomic mass is 32.2. The van der Waals surface area contributed by atoms with Gasteiger partial charge in [0.05, 0.1) is 28.8 Å². The van der Waals surface area contributed by atoms with Gasteiger partial charge in [-0.3, -0.25) is 9.48 Å². The molecule has 0 saturated carbocycles. The van der Waals surface area contributed by atoms with E-state index in [0.29, 0.717) is 30.0 Å². The molecule has 35 heavy (non-hydrogen) atoms. The molecule has 3 aromatic rings. The average molecular weight is 495 g/mol. The quantitative estimate of drug-likeness (QED) is 0.593. The third-order valence-electron chi connectivity index (χ3n) is 7.02. The molecule has 0 aliphatic carbocycles. The van der Waals surface area contributed by atoms with Crippen molar-refractivity contribution >= 4 is 21.4 Å². The monoisotopic (exact) mass is 494 g/mol. The van der Waals surface area contributed by atoms with E-state index in [9.17, 15) is 13.2 Å². The van der Waals surface area contributed by atoms with Gasteiger partial charge in [-0.15, -0.1) is 0 Å². The normalized spacial score (nSPS) is 22.2. The number of hydrogen-bond donors (Lipinski definition) is 1. The minimum atomic E-state index is -3.06. The van der Waals surface area contributed by atoms with Crippen molar-refractivity contribution in [1.29, 1.82) is 0 Å². The average Bonchev–Trinajstić information content (AvgIpc) is 3.52. The smallest absolute Gasteiger partial charge is 0.258 e. The molecule has 3 aliphatic rings. The molecule has 9 nitrogen and oxygen atoms in total.